The van der Waals surface area contributed by atoms with Gasteiger partial charge in [0.15, 0.2) is 0 Å². The smallest absolute Gasteiger partial charge is 0.00713 e. The van der Waals surface area contributed by atoms with Gasteiger partial charge in [-0.15, -0.1) is 0 Å². The summed E-state index contributed by atoms with van der Waals surface area (Å²) in [6, 6.07) is 0. The first-order valence-electron chi connectivity index (χ1n) is 5.13. The van der Waals surface area contributed by atoms with E-state index in [0.717, 1.165) is 5.25 Å². The predicted molar refractivity (Wildman–Crippen MR) is 57.9 cm³/mol. The minimum atomic E-state index is 0.966. The molecule has 0 N–H and O–H groups in total. The van der Waals surface area contributed by atoms with Crippen LogP contribution in [0.25, 0.3) is 0 Å². The van der Waals surface area contributed by atoms with Gasteiger partial charge in [0.25, 0.3) is 0 Å². The van der Waals surface area contributed by atoms with Gasteiger partial charge >= 0.3 is 0 Å². The zero-order valence-electron chi connectivity index (χ0n) is 8.38. The van der Waals surface area contributed by atoms with Crippen LogP contribution in [0.4, 0.5) is 0 Å². The lowest BCUT2D eigenvalue weighted by Crippen LogP contribution is -2.31. The zero-order chi connectivity index (χ0) is 8.81. The quantitative estimate of drug-likeness (QED) is 0.622. The summed E-state index contributed by atoms with van der Waals surface area (Å²) in [6.45, 7) is 4.89. The highest BCUT2D eigenvalue weighted by Gasteiger charge is 2.15. The van der Waals surface area contributed by atoms with Crippen LogP contribution in [0.15, 0.2) is 0 Å². The van der Waals surface area contributed by atoms with Gasteiger partial charge in [0.2, 0.25) is 0 Å². The van der Waals surface area contributed by atoms with Gasteiger partial charge in [-0.1, -0.05) is 13.3 Å². The maximum atomic E-state index is 2.44. The summed E-state index contributed by atoms with van der Waals surface area (Å²) in [5.74, 6) is 1.38. The van der Waals surface area contributed by atoms with Gasteiger partial charge in [-0.3, -0.25) is 0 Å². The number of nitrogens with zero attached hydrogens (tertiary/aromatic N) is 1. The van der Waals surface area contributed by atoms with Crippen LogP contribution in [0.1, 0.15) is 32.6 Å². The monoisotopic (exact) mass is 187 g/mol. The number of thioether (sulfide) groups is 1. The molecule has 1 rings (SSSR count). The van der Waals surface area contributed by atoms with Crippen molar-refractivity contribution in [3.05, 3.63) is 0 Å². The minimum Gasteiger partial charge on any atom is -0.306 e. The highest BCUT2D eigenvalue weighted by Crippen LogP contribution is 2.23. The van der Waals surface area contributed by atoms with Crippen molar-refractivity contribution in [2.45, 2.75) is 37.9 Å². The molecule has 1 aliphatic rings. The van der Waals surface area contributed by atoms with Gasteiger partial charge in [-0.25, -0.2) is 0 Å². The molecule has 0 aromatic rings. The van der Waals surface area contributed by atoms with Crippen LogP contribution in [0.3, 0.4) is 0 Å². The largest absolute Gasteiger partial charge is 0.306 e. The molecule has 0 radical (unpaired) electrons. The number of hydrogen-bond acceptors (Lipinski definition) is 2. The maximum Gasteiger partial charge on any atom is 0.00713 e. The summed E-state index contributed by atoms with van der Waals surface area (Å²) in [5, 5.41) is 0.966. The van der Waals surface area contributed by atoms with Crippen molar-refractivity contribution in [3.63, 3.8) is 0 Å². The van der Waals surface area contributed by atoms with E-state index in [9.17, 15) is 0 Å². The van der Waals surface area contributed by atoms with E-state index >= 15 is 0 Å². The number of piperidine rings is 1. The van der Waals surface area contributed by atoms with E-state index in [1.165, 1.54) is 44.5 Å². The van der Waals surface area contributed by atoms with Gasteiger partial charge in [0.1, 0.15) is 0 Å². The molecule has 0 atom stereocenters. The third kappa shape index (κ3) is 3.81. The highest BCUT2D eigenvalue weighted by atomic mass is 32.2. The van der Waals surface area contributed by atoms with Crippen molar-refractivity contribution in [2.75, 3.05) is 25.9 Å². The molecule has 0 unspecified atom stereocenters. The fourth-order valence-electron chi connectivity index (χ4n) is 1.55. The fourth-order valence-corrected chi connectivity index (χ4v) is 2.88. The minimum absolute atomic E-state index is 0.966. The molecular formula is C10H21NS. The Kier molecular flexibility index (Phi) is 5.08. The first-order valence-corrected chi connectivity index (χ1v) is 6.18. The van der Waals surface area contributed by atoms with E-state index < -0.39 is 0 Å². The van der Waals surface area contributed by atoms with Crippen LogP contribution in [0.2, 0.25) is 0 Å². The lowest BCUT2D eigenvalue weighted by atomic mass is 10.1. The number of likely N-dealkylation sites (tertiary alicyclic amines) is 1. The standard InChI is InChI=1S/C10H21NS/c1-3-4-9-12-10-5-7-11(2)8-6-10/h10H,3-9H2,1-2H3. The van der Waals surface area contributed by atoms with Gasteiger partial charge in [-0.2, -0.15) is 11.8 Å². The average molecular weight is 187 g/mol. The van der Waals surface area contributed by atoms with Gasteiger partial charge in [0, 0.05) is 5.25 Å². The Morgan fingerprint density at radius 1 is 1.33 bits per heavy atom. The van der Waals surface area contributed by atoms with Crippen LogP contribution >= 0.6 is 11.8 Å². The van der Waals surface area contributed by atoms with E-state index in [1.807, 2.05) is 0 Å². The second kappa shape index (κ2) is 5.87. The summed E-state index contributed by atoms with van der Waals surface area (Å²) < 4.78 is 0. The second-order valence-corrected chi connectivity index (χ2v) is 5.14. The van der Waals surface area contributed by atoms with Crippen LogP contribution in [0.5, 0.6) is 0 Å². The van der Waals surface area contributed by atoms with Crippen LogP contribution < -0.4 is 0 Å². The normalized spacial score (nSPS) is 21.5. The first-order chi connectivity index (χ1) is 5.83. The van der Waals surface area contributed by atoms with E-state index in [4.69, 9.17) is 0 Å². The van der Waals surface area contributed by atoms with Crippen molar-refractivity contribution in [3.8, 4) is 0 Å². The van der Waals surface area contributed by atoms with Crippen LogP contribution in [0, 0.1) is 0 Å². The molecule has 1 aliphatic heterocycles. The molecule has 1 heterocycles. The van der Waals surface area contributed by atoms with Crippen molar-refractivity contribution in [1.82, 2.24) is 4.90 Å². The van der Waals surface area contributed by atoms with E-state index in [-0.39, 0.29) is 0 Å². The summed E-state index contributed by atoms with van der Waals surface area (Å²) in [7, 11) is 2.23. The second-order valence-electron chi connectivity index (χ2n) is 3.73. The summed E-state index contributed by atoms with van der Waals surface area (Å²) in [4.78, 5) is 2.44. The van der Waals surface area contributed by atoms with Crippen molar-refractivity contribution < 1.29 is 0 Å². The molecule has 72 valence electrons. The van der Waals surface area contributed by atoms with Crippen LogP contribution in [-0.4, -0.2) is 36.0 Å². The topological polar surface area (TPSA) is 3.24 Å². The number of hydrogen-bond donors (Lipinski definition) is 0. The molecule has 12 heavy (non-hydrogen) atoms. The van der Waals surface area contributed by atoms with Gasteiger partial charge < -0.3 is 4.90 Å². The Morgan fingerprint density at radius 2 is 2.00 bits per heavy atom. The maximum absolute atomic E-state index is 2.44. The SMILES string of the molecule is CCCCSC1CCN(C)CC1. The first kappa shape index (κ1) is 10.4. The molecule has 1 nitrogen and oxygen atoms in total. The number of rotatable bonds is 4. The Balaban J connectivity index is 2.01. The summed E-state index contributed by atoms with van der Waals surface area (Å²) in [5.41, 5.74) is 0. The molecule has 1 saturated heterocycles. The third-order valence-electron chi connectivity index (χ3n) is 2.52. The fraction of sp³-hybridized carbons (Fsp3) is 1.00. The van der Waals surface area contributed by atoms with E-state index in [2.05, 4.69) is 30.6 Å². The average Bonchev–Trinajstić information content (AvgIpc) is 2.09. The number of unbranched alkanes of at least 4 members (excludes halogenated alkanes) is 1. The lowest BCUT2D eigenvalue weighted by molar-refractivity contribution is 0.282. The van der Waals surface area contributed by atoms with E-state index in [1.54, 1.807) is 0 Å². The molecular weight excluding hydrogens is 166 g/mol. The highest BCUT2D eigenvalue weighted by molar-refractivity contribution is 7.99. The van der Waals surface area contributed by atoms with Crippen LogP contribution in [-0.2, 0) is 0 Å². The summed E-state index contributed by atoms with van der Waals surface area (Å²) in [6.07, 6.45) is 5.56. The lowest BCUT2D eigenvalue weighted by Gasteiger charge is -2.28. The third-order valence-corrected chi connectivity index (χ3v) is 3.98. The zero-order valence-corrected chi connectivity index (χ0v) is 9.20. The van der Waals surface area contributed by atoms with Gasteiger partial charge in [0.05, 0.1) is 0 Å². The molecule has 2 heteroatoms. The Morgan fingerprint density at radius 3 is 2.58 bits per heavy atom. The summed E-state index contributed by atoms with van der Waals surface area (Å²) >= 11 is 2.20. The molecule has 0 saturated carbocycles. The Bertz CT molecular complexity index is 108. The molecule has 0 amide bonds. The molecule has 0 aromatic carbocycles. The molecule has 0 bridgehead atoms. The molecule has 1 fully saturated rings. The van der Waals surface area contributed by atoms with Crippen molar-refractivity contribution in [1.29, 1.82) is 0 Å². The van der Waals surface area contributed by atoms with Gasteiger partial charge in [-0.05, 0) is 45.2 Å². The molecule has 0 aromatic heterocycles. The molecule has 0 spiro atoms. The van der Waals surface area contributed by atoms with Crippen molar-refractivity contribution >= 4 is 11.8 Å². The Hall–Kier alpha value is 0.310. The molecule has 0 aliphatic carbocycles. The van der Waals surface area contributed by atoms with E-state index in [0.29, 0.717) is 0 Å². The van der Waals surface area contributed by atoms with Crippen molar-refractivity contribution in [2.24, 2.45) is 0 Å². The Labute approximate surface area is 80.9 Å². The predicted octanol–water partition coefficient (Wildman–Crippen LogP) is 2.61.